The largest absolute Gasteiger partial charge is 0.307 e. The third kappa shape index (κ3) is 6.25. The van der Waals surface area contributed by atoms with E-state index in [1.54, 1.807) is 6.07 Å². The lowest BCUT2D eigenvalue weighted by molar-refractivity contribution is 1.09. The number of fused-ring (bicyclic) bond motifs is 6. The molecular weight excluding hydrogens is 805 g/mol. The summed E-state index contributed by atoms with van der Waals surface area (Å²) in [6.07, 6.45) is 3.70. The Kier molecular flexibility index (Phi) is 9.16. The quantitative estimate of drug-likeness (QED) is 0.160. The summed E-state index contributed by atoms with van der Waals surface area (Å²) in [6.45, 7) is 0. The molecule has 6 heteroatoms. The minimum Gasteiger partial charge on any atom is -0.307 e. The predicted octanol–water partition coefficient (Wildman–Crippen LogP) is 14.7. The first-order valence-corrected chi connectivity index (χ1v) is 21.8. The summed E-state index contributed by atoms with van der Waals surface area (Å²) in [5.41, 5.74) is 16.5. The molecular formula is C60H36N6. The van der Waals surface area contributed by atoms with Crippen molar-refractivity contribution in [2.75, 3.05) is 0 Å². The number of hydrogen-bond donors (Lipinski definition) is 0. The maximum atomic E-state index is 11.0. The van der Waals surface area contributed by atoms with Crippen LogP contribution in [-0.4, -0.2) is 19.1 Å². The van der Waals surface area contributed by atoms with Gasteiger partial charge in [-0.15, -0.1) is 0 Å². The third-order valence-electron chi connectivity index (χ3n) is 12.7. The Morgan fingerprint density at radius 3 is 1.33 bits per heavy atom. The Labute approximate surface area is 380 Å². The van der Waals surface area contributed by atoms with Crippen LogP contribution >= 0.6 is 0 Å². The van der Waals surface area contributed by atoms with Gasteiger partial charge in [-0.2, -0.15) is 10.5 Å². The van der Waals surface area contributed by atoms with Crippen molar-refractivity contribution in [3.63, 3.8) is 0 Å². The number of hydrogen-bond acceptors (Lipinski definition) is 4. The monoisotopic (exact) mass is 840 g/mol. The molecule has 0 spiro atoms. The van der Waals surface area contributed by atoms with E-state index >= 15 is 0 Å². The molecule has 306 valence electrons. The van der Waals surface area contributed by atoms with Crippen LogP contribution in [0.5, 0.6) is 0 Å². The van der Waals surface area contributed by atoms with Crippen molar-refractivity contribution in [1.29, 1.82) is 10.5 Å². The zero-order valence-corrected chi connectivity index (χ0v) is 35.5. The van der Waals surface area contributed by atoms with E-state index in [2.05, 4.69) is 149 Å². The van der Waals surface area contributed by atoms with E-state index in [0.29, 0.717) is 11.1 Å². The number of pyridine rings is 2. The van der Waals surface area contributed by atoms with Crippen LogP contribution in [0.2, 0.25) is 0 Å². The fraction of sp³-hybridized carbons (Fsp3) is 0. The van der Waals surface area contributed by atoms with Gasteiger partial charge in [0.05, 0.1) is 68.1 Å². The van der Waals surface area contributed by atoms with Crippen LogP contribution in [0.3, 0.4) is 0 Å². The number of nitrogens with zero attached hydrogens (tertiary/aromatic N) is 6. The molecule has 0 N–H and O–H groups in total. The Morgan fingerprint density at radius 2 is 0.803 bits per heavy atom. The second kappa shape index (κ2) is 15.8. The van der Waals surface area contributed by atoms with Crippen LogP contribution in [0.25, 0.3) is 111 Å². The van der Waals surface area contributed by atoms with Crippen molar-refractivity contribution in [2.45, 2.75) is 0 Å². The number of aromatic nitrogens is 4. The summed E-state index contributed by atoms with van der Waals surface area (Å²) in [4.78, 5) is 9.72. The molecule has 0 unspecified atom stereocenters. The van der Waals surface area contributed by atoms with Gasteiger partial charge in [0.1, 0.15) is 0 Å². The van der Waals surface area contributed by atoms with E-state index in [0.717, 1.165) is 111 Å². The van der Waals surface area contributed by atoms with Crippen molar-refractivity contribution in [1.82, 2.24) is 19.1 Å². The minimum atomic E-state index is 0.502. The number of nitriles is 2. The molecule has 8 aromatic carbocycles. The molecule has 6 nitrogen and oxygen atoms in total. The maximum absolute atomic E-state index is 11.0. The maximum Gasteiger partial charge on any atom is 0.0998 e. The van der Waals surface area contributed by atoms with E-state index in [9.17, 15) is 10.5 Å². The lowest BCUT2D eigenvalue weighted by atomic mass is 9.96. The van der Waals surface area contributed by atoms with Gasteiger partial charge in [0, 0.05) is 61.8 Å². The zero-order valence-electron chi connectivity index (χ0n) is 35.5. The topological polar surface area (TPSA) is 83.2 Å². The predicted molar refractivity (Wildman–Crippen MR) is 267 cm³/mol. The average Bonchev–Trinajstić information content (AvgIpc) is 3.90. The molecule has 4 heterocycles. The van der Waals surface area contributed by atoms with Gasteiger partial charge >= 0.3 is 0 Å². The van der Waals surface area contributed by atoms with Crippen molar-refractivity contribution in [3.8, 4) is 79.4 Å². The minimum absolute atomic E-state index is 0.502. The smallest absolute Gasteiger partial charge is 0.0998 e. The van der Waals surface area contributed by atoms with E-state index in [1.807, 2.05) is 85.2 Å². The number of rotatable bonds is 7. The van der Waals surface area contributed by atoms with Crippen LogP contribution < -0.4 is 0 Å². The highest BCUT2D eigenvalue weighted by Crippen LogP contribution is 2.43. The molecule has 0 aliphatic rings. The Morgan fingerprint density at radius 1 is 0.333 bits per heavy atom. The standard InChI is InChI=1S/C60H36N6/c61-37-39-14-11-19-42(32-39)50-36-58(66-54-25-10-8-21-49(54)52-34-44(27-29-56(52)66)47-23-13-31-64-60(47)41-17-5-2-6-18-41)57(35-45(50)38-62)65-53-24-9-7-20-48(53)51-33-43(26-28-55(51)65)46-22-12-30-63-59(46)40-15-3-1-4-16-40/h1-36H. The van der Waals surface area contributed by atoms with Crippen molar-refractivity contribution in [2.24, 2.45) is 0 Å². The van der Waals surface area contributed by atoms with Gasteiger partial charge in [0.25, 0.3) is 0 Å². The Balaban J connectivity index is 1.14. The average molecular weight is 841 g/mol. The normalized spacial score (nSPS) is 11.3. The molecule has 0 bridgehead atoms. The molecule has 0 saturated heterocycles. The highest BCUT2D eigenvalue weighted by atomic mass is 15.1. The zero-order chi connectivity index (χ0) is 44.1. The molecule has 0 fully saturated rings. The molecule has 12 rings (SSSR count). The summed E-state index contributed by atoms with van der Waals surface area (Å²) in [5, 5.41) is 25.3. The Bertz CT molecular complexity index is 3960. The first-order valence-electron chi connectivity index (χ1n) is 21.8. The van der Waals surface area contributed by atoms with Gasteiger partial charge in [-0.25, -0.2) is 0 Å². The summed E-state index contributed by atoms with van der Waals surface area (Å²) in [7, 11) is 0. The van der Waals surface area contributed by atoms with Gasteiger partial charge in [0.15, 0.2) is 0 Å². The molecule has 0 saturated carbocycles. The van der Waals surface area contributed by atoms with E-state index in [4.69, 9.17) is 9.97 Å². The van der Waals surface area contributed by atoms with Crippen molar-refractivity contribution in [3.05, 3.63) is 230 Å². The molecule has 66 heavy (non-hydrogen) atoms. The van der Waals surface area contributed by atoms with Crippen LogP contribution in [0.1, 0.15) is 11.1 Å². The highest BCUT2D eigenvalue weighted by molar-refractivity contribution is 6.13. The molecule has 12 aromatic rings. The molecule has 4 aromatic heterocycles. The van der Waals surface area contributed by atoms with Crippen LogP contribution in [0.4, 0.5) is 0 Å². The van der Waals surface area contributed by atoms with E-state index < -0.39 is 0 Å². The fourth-order valence-electron chi connectivity index (χ4n) is 9.75. The van der Waals surface area contributed by atoms with Gasteiger partial charge in [-0.05, 0) is 89.5 Å². The first kappa shape index (κ1) is 38.3. The summed E-state index contributed by atoms with van der Waals surface area (Å²) >= 11 is 0. The highest BCUT2D eigenvalue weighted by Gasteiger charge is 2.24. The second-order valence-electron chi connectivity index (χ2n) is 16.4. The van der Waals surface area contributed by atoms with Crippen molar-refractivity contribution < 1.29 is 0 Å². The molecule has 0 amide bonds. The number of para-hydroxylation sites is 2. The van der Waals surface area contributed by atoms with Crippen LogP contribution in [-0.2, 0) is 0 Å². The summed E-state index contributed by atoms with van der Waals surface area (Å²) in [6, 6.07) is 75.7. The fourth-order valence-corrected chi connectivity index (χ4v) is 9.75. The Hall–Kier alpha value is -9.36. The third-order valence-corrected chi connectivity index (χ3v) is 12.7. The van der Waals surface area contributed by atoms with E-state index in [-0.39, 0.29) is 0 Å². The molecule has 0 radical (unpaired) electrons. The molecule has 0 aliphatic heterocycles. The lowest BCUT2D eigenvalue weighted by Gasteiger charge is -2.20. The lowest BCUT2D eigenvalue weighted by Crippen LogP contribution is -2.05. The summed E-state index contributed by atoms with van der Waals surface area (Å²) < 4.78 is 4.64. The first-order chi connectivity index (χ1) is 32.7. The van der Waals surface area contributed by atoms with Gasteiger partial charge in [-0.1, -0.05) is 133 Å². The van der Waals surface area contributed by atoms with E-state index in [1.165, 1.54) is 0 Å². The van der Waals surface area contributed by atoms with Crippen LogP contribution in [0, 0.1) is 22.7 Å². The summed E-state index contributed by atoms with van der Waals surface area (Å²) in [5.74, 6) is 0. The van der Waals surface area contributed by atoms with Crippen molar-refractivity contribution >= 4 is 43.6 Å². The SMILES string of the molecule is N#Cc1cccc(-c2cc(-n3c4ccccc4c4cc(-c5cccnc5-c5ccccc5)ccc43)c(-n3c4ccccc4c4cc(-c5cccnc5-c5ccccc5)ccc43)cc2C#N)c1. The number of benzene rings is 8. The van der Waals surface area contributed by atoms with Gasteiger partial charge < -0.3 is 9.13 Å². The van der Waals surface area contributed by atoms with Crippen LogP contribution in [0.15, 0.2) is 219 Å². The second-order valence-corrected chi connectivity index (χ2v) is 16.4. The van der Waals surface area contributed by atoms with Gasteiger partial charge in [-0.3, -0.25) is 9.97 Å². The molecule has 0 aliphatic carbocycles. The molecule has 0 atom stereocenters. The van der Waals surface area contributed by atoms with Gasteiger partial charge in [0.2, 0.25) is 0 Å².